The molecule has 1 aromatic heterocycles. The standard InChI is InChI=1S/C14H10ClN3O/c15-11-8-10(6-7-12(11)16)14-17-13(18-19-14)9-4-2-1-3-5-9/h1-8H,16H2. The lowest BCUT2D eigenvalue weighted by atomic mass is 10.2. The Morgan fingerprint density at radius 2 is 1.79 bits per heavy atom. The van der Waals surface area contributed by atoms with Gasteiger partial charge in [-0.05, 0) is 18.2 Å². The van der Waals surface area contributed by atoms with Crippen molar-refractivity contribution in [2.75, 3.05) is 5.73 Å². The summed E-state index contributed by atoms with van der Waals surface area (Å²) < 4.78 is 5.24. The normalized spacial score (nSPS) is 10.6. The molecule has 0 fully saturated rings. The van der Waals surface area contributed by atoms with E-state index in [2.05, 4.69) is 10.1 Å². The number of halogens is 1. The summed E-state index contributed by atoms with van der Waals surface area (Å²) in [6.45, 7) is 0. The number of nitrogens with zero attached hydrogens (tertiary/aromatic N) is 2. The van der Waals surface area contributed by atoms with Gasteiger partial charge in [0.2, 0.25) is 5.82 Å². The van der Waals surface area contributed by atoms with Gasteiger partial charge in [0, 0.05) is 11.1 Å². The van der Waals surface area contributed by atoms with Crippen molar-refractivity contribution in [3.63, 3.8) is 0 Å². The minimum absolute atomic E-state index is 0.417. The third-order valence-corrected chi connectivity index (χ3v) is 3.03. The number of nitrogen functional groups attached to an aromatic ring is 1. The third-order valence-electron chi connectivity index (χ3n) is 2.71. The van der Waals surface area contributed by atoms with Gasteiger partial charge in [-0.25, -0.2) is 0 Å². The van der Waals surface area contributed by atoms with Gasteiger partial charge in [0.25, 0.3) is 5.89 Å². The minimum Gasteiger partial charge on any atom is -0.398 e. The average molecular weight is 272 g/mol. The Bertz CT molecular complexity index is 710. The average Bonchev–Trinajstić information content (AvgIpc) is 2.93. The van der Waals surface area contributed by atoms with Gasteiger partial charge in [0.1, 0.15) is 0 Å². The van der Waals surface area contributed by atoms with Crippen molar-refractivity contribution in [2.24, 2.45) is 0 Å². The summed E-state index contributed by atoms with van der Waals surface area (Å²) in [5.74, 6) is 0.962. The van der Waals surface area contributed by atoms with Crippen LogP contribution < -0.4 is 5.73 Å². The van der Waals surface area contributed by atoms with Gasteiger partial charge in [-0.15, -0.1) is 0 Å². The predicted octanol–water partition coefficient (Wildman–Crippen LogP) is 3.64. The van der Waals surface area contributed by atoms with Crippen LogP contribution >= 0.6 is 11.6 Å². The van der Waals surface area contributed by atoms with Gasteiger partial charge >= 0.3 is 0 Å². The summed E-state index contributed by atoms with van der Waals surface area (Å²) in [5.41, 5.74) is 7.83. The van der Waals surface area contributed by atoms with Crippen LogP contribution in [0.1, 0.15) is 0 Å². The fourth-order valence-corrected chi connectivity index (χ4v) is 1.89. The molecule has 2 aromatic carbocycles. The summed E-state index contributed by atoms with van der Waals surface area (Å²) in [4.78, 5) is 4.34. The van der Waals surface area contributed by atoms with Gasteiger partial charge in [-0.3, -0.25) is 0 Å². The van der Waals surface area contributed by atoms with Crippen LogP contribution in [0.3, 0.4) is 0 Å². The van der Waals surface area contributed by atoms with Crippen LogP contribution in [0.15, 0.2) is 53.1 Å². The predicted molar refractivity (Wildman–Crippen MR) is 74.6 cm³/mol. The highest BCUT2D eigenvalue weighted by Gasteiger charge is 2.11. The lowest BCUT2D eigenvalue weighted by molar-refractivity contribution is 0.432. The van der Waals surface area contributed by atoms with E-state index in [0.717, 1.165) is 11.1 Å². The number of nitrogens with two attached hydrogens (primary N) is 1. The van der Waals surface area contributed by atoms with E-state index in [4.69, 9.17) is 21.9 Å². The Morgan fingerprint density at radius 1 is 1.00 bits per heavy atom. The summed E-state index contributed by atoms with van der Waals surface area (Å²) in [7, 11) is 0. The maximum atomic E-state index is 5.97. The molecule has 0 unspecified atom stereocenters. The molecule has 0 aliphatic carbocycles. The zero-order chi connectivity index (χ0) is 13.2. The molecule has 0 saturated heterocycles. The van der Waals surface area contributed by atoms with Crippen molar-refractivity contribution in [3.8, 4) is 22.8 Å². The molecule has 0 aliphatic heterocycles. The summed E-state index contributed by atoms with van der Waals surface area (Å²) >= 11 is 5.97. The Labute approximate surface area is 114 Å². The molecule has 0 amide bonds. The van der Waals surface area contributed by atoms with Crippen LogP contribution in [0.2, 0.25) is 5.02 Å². The second-order valence-corrected chi connectivity index (χ2v) is 4.43. The fourth-order valence-electron chi connectivity index (χ4n) is 1.71. The SMILES string of the molecule is Nc1ccc(-c2nc(-c3ccccc3)no2)cc1Cl. The van der Waals surface area contributed by atoms with Crippen LogP contribution in [0.5, 0.6) is 0 Å². The number of hydrogen-bond donors (Lipinski definition) is 1. The van der Waals surface area contributed by atoms with Gasteiger partial charge < -0.3 is 10.3 Å². The molecule has 4 nitrogen and oxygen atoms in total. The molecule has 0 atom stereocenters. The van der Waals surface area contributed by atoms with Crippen molar-refractivity contribution in [1.82, 2.24) is 10.1 Å². The molecule has 0 radical (unpaired) electrons. The van der Waals surface area contributed by atoms with Crippen molar-refractivity contribution >= 4 is 17.3 Å². The van der Waals surface area contributed by atoms with Crippen LogP contribution in [-0.4, -0.2) is 10.1 Å². The second kappa shape index (κ2) is 4.74. The van der Waals surface area contributed by atoms with Gasteiger partial charge in [-0.1, -0.05) is 47.1 Å². The van der Waals surface area contributed by atoms with E-state index in [1.165, 1.54) is 0 Å². The van der Waals surface area contributed by atoms with Gasteiger partial charge in [0.05, 0.1) is 10.7 Å². The number of aromatic nitrogens is 2. The molecule has 5 heteroatoms. The van der Waals surface area contributed by atoms with E-state index in [0.29, 0.717) is 22.4 Å². The Balaban J connectivity index is 1.99. The van der Waals surface area contributed by atoms with E-state index in [1.807, 2.05) is 30.3 Å². The lowest BCUT2D eigenvalue weighted by Gasteiger charge is -1.98. The molecule has 0 saturated carbocycles. The second-order valence-electron chi connectivity index (χ2n) is 4.03. The Hall–Kier alpha value is -2.33. The molecule has 0 spiro atoms. The molecule has 1 heterocycles. The first-order chi connectivity index (χ1) is 9.24. The van der Waals surface area contributed by atoms with Crippen LogP contribution in [0, 0.1) is 0 Å². The van der Waals surface area contributed by atoms with E-state index in [-0.39, 0.29) is 0 Å². The van der Waals surface area contributed by atoms with E-state index >= 15 is 0 Å². The van der Waals surface area contributed by atoms with Crippen molar-refractivity contribution < 1.29 is 4.52 Å². The molecule has 2 N–H and O–H groups in total. The number of anilines is 1. The Kier molecular flexibility index (Phi) is 2.93. The van der Waals surface area contributed by atoms with E-state index in [9.17, 15) is 0 Å². The Morgan fingerprint density at radius 3 is 2.53 bits per heavy atom. The summed E-state index contributed by atoms with van der Waals surface area (Å²) in [5, 5.41) is 4.42. The molecule has 3 rings (SSSR count). The monoisotopic (exact) mass is 271 g/mol. The summed E-state index contributed by atoms with van der Waals surface area (Å²) in [6.07, 6.45) is 0. The first kappa shape index (κ1) is 11.7. The van der Waals surface area contributed by atoms with Crippen molar-refractivity contribution in [2.45, 2.75) is 0 Å². The van der Waals surface area contributed by atoms with Crippen LogP contribution in [0.25, 0.3) is 22.8 Å². The fraction of sp³-hybridized carbons (Fsp3) is 0. The molecule has 94 valence electrons. The van der Waals surface area contributed by atoms with E-state index < -0.39 is 0 Å². The molecular formula is C14H10ClN3O. The molecule has 0 bridgehead atoms. The van der Waals surface area contributed by atoms with Crippen molar-refractivity contribution in [1.29, 1.82) is 0 Å². The number of benzene rings is 2. The highest BCUT2D eigenvalue weighted by molar-refractivity contribution is 6.33. The van der Waals surface area contributed by atoms with Crippen molar-refractivity contribution in [3.05, 3.63) is 53.6 Å². The first-order valence-corrected chi connectivity index (χ1v) is 6.06. The topological polar surface area (TPSA) is 64.9 Å². The van der Waals surface area contributed by atoms with Gasteiger partial charge in [-0.2, -0.15) is 4.98 Å². The zero-order valence-electron chi connectivity index (χ0n) is 9.88. The van der Waals surface area contributed by atoms with Crippen LogP contribution in [0.4, 0.5) is 5.69 Å². The maximum absolute atomic E-state index is 5.97. The molecule has 3 aromatic rings. The highest BCUT2D eigenvalue weighted by atomic mass is 35.5. The summed E-state index contributed by atoms with van der Waals surface area (Å²) in [6, 6.07) is 14.8. The van der Waals surface area contributed by atoms with Gasteiger partial charge in [0.15, 0.2) is 0 Å². The first-order valence-electron chi connectivity index (χ1n) is 5.68. The highest BCUT2D eigenvalue weighted by Crippen LogP contribution is 2.27. The molecule has 0 aliphatic rings. The maximum Gasteiger partial charge on any atom is 0.258 e. The largest absolute Gasteiger partial charge is 0.398 e. The third kappa shape index (κ3) is 2.30. The molecular weight excluding hydrogens is 262 g/mol. The molecule has 19 heavy (non-hydrogen) atoms. The number of rotatable bonds is 2. The quantitative estimate of drug-likeness (QED) is 0.723. The lowest BCUT2D eigenvalue weighted by Crippen LogP contribution is -1.86. The van der Waals surface area contributed by atoms with E-state index in [1.54, 1.807) is 18.2 Å². The van der Waals surface area contributed by atoms with Crippen LogP contribution in [-0.2, 0) is 0 Å². The smallest absolute Gasteiger partial charge is 0.258 e. The minimum atomic E-state index is 0.417. The zero-order valence-corrected chi connectivity index (χ0v) is 10.6. The number of hydrogen-bond acceptors (Lipinski definition) is 4.